The van der Waals surface area contributed by atoms with E-state index in [0.717, 1.165) is 17.9 Å². The fourth-order valence-corrected chi connectivity index (χ4v) is 2.91. The van der Waals surface area contributed by atoms with Crippen molar-refractivity contribution in [2.45, 2.75) is 0 Å². The van der Waals surface area contributed by atoms with Gasteiger partial charge in [-0.3, -0.25) is 9.59 Å². The summed E-state index contributed by atoms with van der Waals surface area (Å²) in [6.45, 7) is 1.66. The largest absolute Gasteiger partial charge is 0.359 e. The Labute approximate surface area is 126 Å². The van der Waals surface area contributed by atoms with Crippen molar-refractivity contribution in [1.29, 1.82) is 0 Å². The van der Waals surface area contributed by atoms with Crippen molar-refractivity contribution in [3.05, 3.63) is 46.7 Å². The molecule has 1 aliphatic heterocycles. The average Bonchev–Trinajstić information content (AvgIpc) is 3.02. The molecule has 3 rings (SSSR count). The van der Waals surface area contributed by atoms with Gasteiger partial charge in [-0.25, -0.2) is 0 Å². The molecule has 21 heavy (non-hydrogen) atoms. The van der Waals surface area contributed by atoms with Crippen LogP contribution in [-0.2, 0) is 4.79 Å². The van der Waals surface area contributed by atoms with Crippen molar-refractivity contribution >= 4 is 34.5 Å². The molecule has 2 N–H and O–H groups in total. The van der Waals surface area contributed by atoms with Gasteiger partial charge >= 0.3 is 0 Å². The highest BCUT2D eigenvalue weighted by molar-refractivity contribution is 7.12. The van der Waals surface area contributed by atoms with Crippen LogP contribution in [0.2, 0.25) is 0 Å². The van der Waals surface area contributed by atoms with Gasteiger partial charge in [0.1, 0.15) is 0 Å². The maximum atomic E-state index is 12.2. The Kier molecular flexibility index (Phi) is 3.87. The summed E-state index contributed by atoms with van der Waals surface area (Å²) in [6.07, 6.45) is 0. The Hall–Kier alpha value is -2.34. The van der Waals surface area contributed by atoms with Gasteiger partial charge in [-0.15, -0.1) is 11.3 Å². The number of amides is 2. The molecule has 6 heteroatoms. The first-order valence-electron chi connectivity index (χ1n) is 6.69. The Morgan fingerprint density at radius 2 is 2.10 bits per heavy atom. The van der Waals surface area contributed by atoms with Gasteiger partial charge in [-0.1, -0.05) is 18.2 Å². The third-order valence-corrected chi connectivity index (χ3v) is 4.14. The number of benzene rings is 1. The molecule has 0 radical (unpaired) electrons. The summed E-state index contributed by atoms with van der Waals surface area (Å²) in [4.78, 5) is 26.3. The zero-order chi connectivity index (χ0) is 14.7. The van der Waals surface area contributed by atoms with Gasteiger partial charge in [0.15, 0.2) is 0 Å². The molecule has 0 aliphatic carbocycles. The van der Waals surface area contributed by atoms with Crippen molar-refractivity contribution in [2.24, 2.45) is 0 Å². The molecular formula is C15H15N3O2S. The highest BCUT2D eigenvalue weighted by Crippen LogP contribution is 2.26. The maximum absolute atomic E-state index is 12.2. The van der Waals surface area contributed by atoms with Crippen LogP contribution in [0.3, 0.4) is 0 Å². The van der Waals surface area contributed by atoms with E-state index in [1.807, 2.05) is 40.6 Å². The fourth-order valence-electron chi connectivity index (χ4n) is 2.29. The van der Waals surface area contributed by atoms with Gasteiger partial charge in [0.2, 0.25) is 5.91 Å². The van der Waals surface area contributed by atoms with Crippen molar-refractivity contribution in [2.75, 3.05) is 29.9 Å². The number of hydrogen-bond acceptors (Lipinski definition) is 4. The van der Waals surface area contributed by atoms with E-state index in [4.69, 9.17) is 0 Å². The number of para-hydroxylation sites is 2. The minimum Gasteiger partial charge on any atom is -0.359 e. The second kappa shape index (κ2) is 5.97. The van der Waals surface area contributed by atoms with E-state index >= 15 is 0 Å². The molecule has 2 heterocycles. The molecular weight excluding hydrogens is 286 g/mol. The van der Waals surface area contributed by atoms with Crippen LogP contribution in [-0.4, -0.2) is 31.4 Å². The second-order valence-electron chi connectivity index (χ2n) is 4.72. The van der Waals surface area contributed by atoms with Gasteiger partial charge in [-0.2, -0.15) is 0 Å². The zero-order valence-electron chi connectivity index (χ0n) is 11.3. The van der Waals surface area contributed by atoms with E-state index in [2.05, 4.69) is 10.6 Å². The molecule has 1 saturated heterocycles. The normalized spacial score (nSPS) is 14.7. The van der Waals surface area contributed by atoms with Crippen LogP contribution >= 0.6 is 11.3 Å². The van der Waals surface area contributed by atoms with Crippen molar-refractivity contribution in [1.82, 2.24) is 5.32 Å². The Balaban J connectivity index is 1.82. The predicted octanol–water partition coefficient (Wildman–Crippen LogP) is 1.94. The lowest BCUT2D eigenvalue weighted by molar-refractivity contribution is -0.120. The molecule has 1 aromatic carbocycles. The number of piperazine rings is 1. The third-order valence-electron chi connectivity index (χ3n) is 3.28. The molecule has 1 fully saturated rings. The summed E-state index contributed by atoms with van der Waals surface area (Å²) in [7, 11) is 0. The van der Waals surface area contributed by atoms with Crippen LogP contribution in [0, 0.1) is 0 Å². The van der Waals surface area contributed by atoms with Crippen LogP contribution in [0.4, 0.5) is 11.4 Å². The number of anilines is 2. The van der Waals surface area contributed by atoms with Crippen molar-refractivity contribution in [3.63, 3.8) is 0 Å². The first kappa shape index (κ1) is 13.6. The SMILES string of the molecule is O=C1CN(c2ccccc2NC(=O)c2cccs2)CCN1. The van der Waals surface area contributed by atoms with E-state index < -0.39 is 0 Å². The van der Waals surface area contributed by atoms with Crippen LogP contribution in [0.5, 0.6) is 0 Å². The summed E-state index contributed by atoms with van der Waals surface area (Å²) in [5.74, 6) is -0.125. The smallest absolute Gasteiger partial charge is 0.265 e. The van der Waals surface area contributed by atoms with E-state index in [0.29, 0.717) is 18.0 Å². The van der Waals surface area contributed by atoms with Crippen LogP contribution in [0.1, 0.15) is 9.67 Å². The summed E-state index contributed by atoms with van der Waals surface area (Å²) in [5.41, 5.74) is 1.60. The monoisotopic (exact) mass is 301 g/mol. The van der Waals surface area contributed by atoms with Crippen molar-refractivity contribution in [3.8, 4) is 0 Å². The number of carbonyl (C=O) groups is 2. The summed E-state index contributed by atoms with van der Waals surface area (Å²) < 4.78 is 0. The average molecular weight is 301 g/mol. The summed E-state index contributed by atoms with van der Waals surface area (Å²) in [6, 6.07) is 11.2. The topological polar surface area (TPSA) is 61.4 Å². The Morgan fingerprint density at radius 1 is 1.24 bits per heavy atom. The minimum absolute atomic E-state index is 0.000589. The molecule has 108 valence electrons. The number of hydrogen-bond donors (Lipinski definition) is 2. The third kappa shape index (κ3) is 3.05. The first-order valence-corrected chi connectivity index (χ1v) is 7.57. The number of thiophene rings is 1. The van der Waals surface area contributed by atoms with Crippen LogP contribution in [0.25, 0.3) is 0 Å². The zero-order valence-corrected chi connectivity index (χ0v) is 12.2. The van der Waals surface area contributed by atoms with Gasteiger partial charge in [0, 0.05) is 13.1 Å². The highest BCUT2D eigenvalue weighted by Gasteiger charge is 2.19. The van der Waals surface area contributed by atoms with Crippen molar-refractivity contribution < 1.29 is 9.59 Å². The van der Waals surface area contributed by atoms with Crippen LogP contribution < -0.4 is 15.5 Å². The molecule has 2 aromatic rings. The Morgan fingerprint density at radius 3 is 2.86 bits per heavy atom. The molecule has 0 unspecified atom stereocenters. The lowest BCUT2D eigenvalue weighted by atomic mass is 10.2. The molecule has 0 saturated carbocycles. The highest BCUT2D eigenvalue weighted by atomic mass is 32.1. The van der Waals surface area contributed by atoms with E-state index in [-0.39, 0.29) is 11.8 Å². The number of rotatable bonds is 3. The molecule has 1 aromatic heterocycles. The molecule has 0 atom stereocenters. The van der Waals surface area contributed by atoms with Gasteiger partial charge < -0.3 is 15.5 Å². The first-order chi connectivity index (χ1) is 10.2. The predicted molar refractivity (Wildman–Crippen MR) is 83.9 cm³/mol. The molecule has 2 amide bonds. The van der Waals surface area contributed by atoms with Crippen LogP contribution in [0.15, 0.2) is 41.8 Å². The number of nitrogens with zero attached hydrogens (tertiary/aromatic N) is 1. The lowest BCUT2D eigenvalue weighted by Gasteiger charge is -2.30. The maximum Gasteiger partial charge on any atom is 0.265 e. The lowest BCUT2D eigenvalue weighted by Crippen LogP contribution is -2.47. The van der Waals surface area contributed by atoms with E-state index in [1.54, 1.807) is 6.07 Å². The Bertz CT molecular complexity index is 655. The van der Waals surface area contributed by atoms with Gasteiger partial charge in [0.25, 0.3) is 5.91 Å². The standard InChI is InChI=1S/C15H15N3O2S/c19-14-10-18(8-7-16-14)12-5-2-1-4-11(12)17-15(20)13-6-3-9-21-13/h1-6,9H,7-8,10H2,(H,16,19)(H,17,20). The van der Waals surface area contributed by atoms with E-state index in [9.17, 15) is 9.59 Å². The minimum atomic E-state index is -0.126. The van der Waals surface area contributed by atoms with Gasteiger partial charge in [0.05, 0.1) is 22.8 Å². The molecule has 0 bridgehead atoms. The summed E-state index contributed by atoms with van der Waals surface area (Å²) in [5, 5.41) is 7.59. The summed E-state index contributed by atoms with van der Waals surface area (Å²) >= 11 is 1.40. The quantitative estimate of drug-likeness (QED) is 0.911. The number of nitrogens with one attached hydrogen (secondary N) is 2. The second-order valence-corrected chi connectivity index (χ2v) is 5.67. The molecule has 0 spiro atoms. The van der Waals surface area contributed by atoms with Gasteiger partial charge in [-0.05, 0) is 23.6 Å². The molecule has 5 nitrogen and oxygen atoms in total. The molecule has 1 aliphatic rings. The number of carbonyl (C=O) groups excluding carboxylic acids is 2. The van der Waals surface area contributed by atoms with E-state index in [1.165, 1.54) is 11.3 Å². The fraction of sp³-hybridized carbons (Fsp3) is 0.200.